The van der Waals surface area contributed by atoms with Crippen LogP contribution in [-0.2, 0) is 12.8 Å². The summed E-state index contributed by atoms with van der Waals surface area (Å²) in [6.07, 6.45) is 3.72. The summed E-state index contributed by atoms with van der Waals surface area (Å²) in [4.78, 5) is 12.0. The molecule has 0 saturated heterocycles. The smallest absolute Gasteiger partial charge is 0.164 e. The average molecular weight is 253 g/mol. The lowest BCUT2D eigenvalue weighted by Crippen LogP contribution is -2.12. The fraction of sp³-hybridized carbons (Fsp3) is 0.353. The zero-order valence-electron chi connectivity index (χ0n) is 11.6. The first-order valence-corrected chi connectivity index (χ1v) is 7.04. The molecule has 1 aliphatic carbocycles. The van der Waals surface area contributed by atoms with Crippen molar-refractivity contribution in [2.45, 2.75) is 39.5 Å². The molecule has 2 aromatic rings. The monoisotopic (exact) mass is 253 g/mol. The van der Waals surface area contributed by atoms with Crippen molar-refractivity contribution in [2.75, 3.05) is 0 Å². The third kappa shape index (κ3) is 2.01. The second-order valence-corrected chi connectivity index (χ2v) is 5.28. The molecule has 1 aliphatic rings. The maximum Gasteiger partial charge on any atom is 0.164 e. The fourth-order valence-electron chi connectivity index (χ4n) is 3.00. The summed E-state index contributed by atoms with van der Waals surface area (Å²) in [6, 6.07) is 10.7. The van der Waals surface area contributed by atoms with E-state index < -0.39 is 0 Å². The molecule has 19 heavy (non-hydrogen) atoms. The van der Waals surface area contributed by atoms with Crippen LogP contribution in [0.4, 0.5) is 0 Å². The molecule has 98 valence electrons. The van der Waals surface area contributed by atoms with Crippen LogP contribution < -0.4 is 0 Å². The summed E-state index contributed by atoms with van der Waals surface area (Å²) in [5.41, 5.74) is 5.82. The van der Waals surface area contributed by atoms with Gasteiger partial charge in [0, 0.05) is 29.1 Å². The number of fused-ring (bicyclic) bond motifs is 1. The standard InChI is InChI=1S/C17H19NO/c1-3-13-6-4-7-14(11-13)18-12(2)10-15-16(18)8-5-9-17(15)19/h4,6-7,10-11H,3,5,8-9H2,1-2H3. The maximum atomic E-state index is 12.0. The number of Topliss-reactive ketones (excluding diaryl/α,β-unsaturated/α-hetero) is 1. The Labute approximate surface area is 114 Å². The Kier molecular flexibility index (Phi) is 3.02. The summed E-state index contributed by atoms with van der Waals surface area (Å²) >= 11 is 0. The Hall–Kier alpha value is -1.83. The highest BCUT2D eigenvalue weighted by Crippen LogP contribution is 2.28. The minimum Gasteiger partial charge on any atom is -0.317 e. The highest BCUT2D eigenvalue weighted by Gasteiger charge is 2.23. The molecule has 0 saturated carbocycles. The normalized spacial score (nSPS) is 14.5. The third-order valence-electron chi connectivity index (χ3n) is 3.98. The van der Waals surface area contributed by atoms with Gasteiger partial charge in [-0.05, 0) is 49.9 Å². The first-order valence-electron chi connectivity index (χ1n) is 7.04. The van der Waals surface area contributed by atoms with Crippen LogP contribution in [-0.4, -0.2) is 10.4 Å². The van der Waals surface area contributed by atoms with Crippen LogP contribution in [0.25, 0.3) is 5.69 Å². The molecule has 1 heterocycles. The lowest BCUT2D eigenvalue weighted by atomic mass is 9.96. The Morgan fingerprint density at radius 1 is 1.21 bits per heavy atom. The largest absolute Gasteiger partial charge is 0.317 e. The van der Waals surface area contributed by atoms with Crippen LogP contribution in [0, 0.1) is 6.92 Å². The van der Waals surface area contributed by atoms with Gasteiger partial charge in [0.25, 0.3) is 0 Å². The summed E-state index contributed by atoms with van der Waals surface area (Å²) in [5.74, 6) is 0.301. The minimum absolute atomic E-state index is 0.301. The molecule has 2 heteroatoms. The van der Waals surface area contributed by atoms with Gasteiger partial charge in [0.15, 0.2) is 5.78 Å². The van der Waals surface area contributed by atoms with Crippen molar-refractivity contribution in [1.82, 2.24) is 4.57 Å². The van der Waals surface area contributed by atoms with Gasteiger partial charge in [-0.3, -0.25) is 4.79 Å². The van der Waals surface area contributed by atoms with E-state index in [2.05, 4.69) is 48.7 Å². The predicted molar refractivity (Wildman–Crippen MR) is 77.2 cm³/mol. The van der Waals surface area contributed by atoms with Gasteiger partial charge >= 0.3 is 0 Å². The van der Waals surface area contributed by atoms with Crippen molar-refractivity contribution in [3.05, 3.63) is 52.8 Å². The number of aromatic nitrogens is 1. The quantitative estimate of drug-likeness (QED) is 0.796. The van der Waals surface area contributed by atoms with Gasteiger partial charge in [0.1, 0.15) is 0 Å². The number of rotatable bonds is 2. The van der Waals surface area contributed by atoms with Crippen molar-refractivity contribution in [2.24, 2.45) is 0 Å². The van der Waals surface area contributed by atoms with E-state index in [9.17, 15) is 4.79 Å². The molecule has 0 aliphatic heterocycles. The number of carbonyl (C=O) groups is 1. The second-order valence-electron chi connectivity index (χ2n) is 5.28. The molecule has 1 aromatic carbocycles. The SMILES string of the molecule is CCc1cccc(-n2c(C)cc3c2CCCC3=O)c1. The number of carbonyl (C=O) groups excluding carboxylic acids is 1. The van der Waals surface area contributed by atoms with E-state index in [0.717, 1.165) is 30.5 Å². The molecular weight excluding hydrogens is 234 g/mol. The highest BCUT2D eigenvalue weighted by molar-refractivity contribution is 5.98. The highest BCUT2D eigenvalue weighted by atomic mass is 16.1. The van der Waals surface area contributed by atoms with E-state index in [1.165, 1.54) is 16.9 Å². The number of nitrogens with zero attached hydrogens (tertiary/aromatic N) is 1. The molecule has 1 aromatic heterocycles. The fourth-order valence-corrected chi connectivity index (χ4v) is 3.00. The van der Waals surface area contributed by atoms with Gasteiger partial charge in [0.2, 0.25) is 0 Å². The van der Waals surface area contributed by atoms with Crippen LogP contribution >= 0.6 is 0 Å². The predicted octanol–water partition coefficient (Wildman–Crippen LogP) is 3.87. The zero-order valence-corrected chi connectivity index (χ0v) is 11.6. The molecule has 0 amide bonds. The second kappa shape index (κ2) is 4.69. The molecule has 0 unspecified atom stereocenters. The number of aryl methyl sites for hydroxylation is 2. The lowest BCUT2D eigenvalue weighted by Gasteiger charge is -2.16. The van der Waals surface area contributed by atoms with Gasteiger partial charge < -0.3 is 4.57 Å². The third-order valence-corrected chi connectivity index (χ3v) is 3.98. The van der Waals surface area contributed by atoms with Crippen LogP contribution in [0.3, 0.4) is 0 Å². The van der Waals surface area contributed by atoms with Gasteiger partial charge in [-0.1, -0.05) is 19.1 Å². The molecule has 0 N–H and O–H groups in total. The van der Waals surface area contributed by atoms with Crippen LogP contribution in [0.1, 0.15) is 47.1 Å². The lowest BCUT2D eigenvalue weighted by molar-refractivity contribution is 0.0972. The van der Waals surface area contributed by atoms with E-state index in [1.807, 2.05) is 0 Å². The van der Waals surface area contributed by atoms with E-state index in [4.69, 9.17) is 0 Å². The first kappa shape index (κ1) is 12.2. The van der Waals surface area contributed by atoms with Crippen molar-refractivity contribution >= 4 is 5.78 Å². The first-order chi connectivity index (χ1) is 9.20. The van der Waals surface area contributed by atoms with E-state index in [1.54, 1.807) is 0 Å². The van der Waals surface area contributed by atoms with Crippen molar-refractivity contribution in [3.63, 3.8) is 0 Å². The molecule has 0 bridgehead atoms. The van der Waals surface area contributed by atoms with E-state index in [0.29, 0.717) is 12.2 Å². The molecular formula is C17H19NO. The van der Waals surface area contributed by atoms with E-state index in [-0.39, 0.29) is 0 Å². The minimum atomic E-state index is 0.301. The Balaban J connectivity index is 2.17. The Morgan fingerprint density at radius 2 is 2.05 bits per heavy atom. The summed E-state index contributed by atoms with van der Waals surface area (Å²) in [5, 5.41) is 0. The molecule has 0 atom stereocenters. The van der Waals surface area contributed by atoms with Crippen LogP contribution in [0.15, 0.2) is 30.3 Å². The number of ketones is 1. The van der Waals surface area contributed by atoms with Crippen molar-refractivity contribution in [3.8, 4) is 5.69 Å². The molecule has 0 spiro atoms. The van der Waals surface area contributed by atoms with Gasteiger partial charge in [-0.15, -0.1) is 0 Å². The van der Waals surface area contributed by atoms with E-state index >= 15 is 0 Å². The number of benzene rings is 1. The summed E-state index contributed by atoms with van der Waals surface area (Å²) in [6.45, 7) is 4.25. The van der Waals surface area contributed by atoms with Gasteiger partial charge in [-0.2, -0.15) is 0 Å². The number of hydrogen-bond donors (Lipinski definition) is 0. The molecule has 0 fully saturated rings. The summed E-state index contributed by atoms with van der Waals surface area (Å²) in [7, 11) is 0. The van der Waals surface area contributed by atoms with Crippen LogP contribution in [0.5, 0.6) is 0 Å². The Bertz CT molecular complexity index is 637. The topological polar surface area (TPSA) is 22.0 Å². The molecule has 2 nitrogen and oxygen atoms in total. The zero-order chi connectivity index (χ0) is 13.4. The Morgan fingerprint density at radius 3 is 2.84 bits per heavy atom. The van der Waals surface area contributed by atoms with Crippen LogP contribution in [0.2, 0.25) is 0 Å². The van der Waals surface area contributed by atoms with Crippen molar-refractivity contribution in [1.29, 1.82) is 0 Å². The van der Waals surface area contributed by atoms with Gasteiger partial charge in [-0.25, -0.2) is 0 Å². The summed E-state index contributed by atoms with van der Waals surface area (Å²) < 4.78 is 2.26. The molecule has 0 radical (unpaired) electrons. The van der Waals surface area contributed by atoms with Gasteiger partial charge in [0.05, 0.1) is 0 Å². The molecule has 3 rings (SSSR count). The maximum absolute atomic E-state index is 12.0. The number of hydrogen-bond acceptors (Lipinski definition) is 1. The average Bonchev–Trinajstić information content (AvgIpc) is 2.77. The van der Waals surface area contributed by atoms with Crippen molar-refractivity contribution < 1.29 is 4.79 Å².